The Morgan fingerprint density at radius 2 is 1.93 bits per heavy atom. The summed E-state index contributed by atoms with van der Waals surface area (Å²) in [6.45, 7) is 1.85. The van der Waals surface area contributed by atoms with Gasteiger partial charge in [0.2, 0.25) is 20.0 Å². The average molecular weight is 445 g/mol. The van der Waals surface area contributed by atoms with Crippen LogP contribution in [0, 0.1) is 0 Å². The molecular weight excluding hydrogens is 420 g/mol. The molecule has 1 aromatic carbocycles. The Balaban J connectivity index is 1.68. The normalized spacial score (nSPS) is 19.3. The molecule has 1 saturated heterocycles. The van der Waals surface area contributed by atoms with E-state index in [1.54, 1.807) is 6.92 Å². The number of nitrogens with zero attached hydrogens (tertiary/aromatic N) is 1. The number of hydrogen-bond donors (Lipinski definition) is 2. The van der Waals surface area contributed by atoms with Crippen molar-refractivity contribution in [2.75, 3.05) is 23.1 Å². The van der Waals surface area contributed by atoms with E-state index in [9.17, 15) is 21.9 Å². The fourth-order valence-corrected chi connectivity index (χ4v) is 6.57. The van der Waals surface area contributed by atoms with Crippen LogP contribution in [-0.4, -0.2) is 46.4 Å². The van der Waals surface area contributed by atoms with Gasteiger partial charge in [-0.2, -0.15) is 11.3 Å². The highest BCUT2D eigenvalue weighted by atomic mass is 32.2. The van der Waals surface area contributed by atoms with Crippen molar-refractivity contribution in [1.82, 2.24) is 4.72 Å². The monoisotopic (exact) mass is 444 g/mol. The fourth-order valence-electron chi connectivity index (χ4n) is 3.10. The molecule has 7 nitrogen and oxygen atoms in total. The minimum absolute atomic E-state index is 0.0250. The van der Waals surface area contributed by atoms with E-state index in [0.29, 0.717) is 25.1 Å². The molecule has 0 amide bonds. The van der Waals surface area contributed by atoms with E-state index in [-0.39, 0.29) is 17.2 Å². The van der Waals surface area contributed by atoms with Crippen LogP contribution in [0.4, 0.5) is 5.69 Å². The molecule has 0 spiro atoms. The van der Waals surface area contributed by atoms with E-state index in [2.05, 4.69) is 4.72 Å². The molecule has 0 aliphatic carbocycles. The first kappa shape index (κ1) is 21.3. The molecule has 0 saturated carbocycles. The van der Waals surface area contributed by atoms with Gasteiger partial charge < -0.3 is 5.11 Å². The number of benzene rings is 1. The summed E-state index contributed by atoms with van der Waals surface area (Å²) in [7, 11) is -7.17. The van der Waals surface area contributed by atoms with Crippen LogP contribution in [0.15, 0.2) is 46.0 Å². The Morgan fingerprint density at radius 1 is 1.21 bits per heavy atom. The van der Waals surface area contributed by atoms with Gasteiger partial charge in [0, 0.05) is 19.5 Å². The maximum Gasteiger partial charge on any atom is 0.240 e. The van der Waals surface area contributed by atoms with Crippen LogP contribution in [0.5, 0.6) is 0 Å². The number of aliphatic hydroxyl groups is 1. The lowest BCUT2D eigenvalue weighted by molar-refractivity contribution is 0.0658. The molecule has 3 rings (SSSR count). The van der Waals surface area contributed by atoms with Gasteiger partial charge in [0.15, 0.2) is 0 Å². The zero-order valence-corrected chi connectivity index (χ0v) is 18.0. The smallest absolute Gasteiger partial charge is 0.240 e. The van der Waals surface area contributed by atoms with Crippen molar-refractivity contribution in [3.63, 3.8) is 0 Å². The predicted molar refractivity (Wildman–Crippen MR) is 111 cm³/mol. The van der Waals surface area contributed by atoms with Crippen molar-refractivity contribution in [3.05, 3.63) is 46.7 Å². The van der Waals surface area contributed by atoms with Gasteiger partial charge in [-0.1, -0.05) is 0 Å². The van der Waals surface area contributed by atoms with Crippen LogP contribution in [0.3, 0.4) is 0 Å². The third-order valence-corrected chi connectivity index (χ3v) is 8.61. The van der Waals surface area contributed by atoms with Gasteiger partial charge in [-0.25, -0.2) is 21.6 Å². The molecule has 10 heteroatoms. The first-order chi connectivity index (χ1) is 13.1. The summed E-state index contributed by atoms with van der Waals surface area (Å²) in [4.78, 5) is 0.0250. The van der Waals surface area contributed by atoms with Crippen LogP contribution in [-0.2, 0) is 26.5 Å². The minimum Gasteiger partial charge on any atom is -0.388 e. The molecule has 2 heterocycles. The van der Waals surface area contributed by atoms with Gasteiger partial charge in [-0.15, -0.1) is 0 Å². The quantitative estimate of drug-likeness (QED) is 0.679. The van der Waals surface area contributed by atoms with Gasteiger partial charge in [-0.05, 0) is 66.4 Å². The molecule has 1 aromatic heterocycles. The van der Waals surface area contributed by atoms with E-state index >= 15 is 0 Å². The van der Waals surface area contributed by atoms with Gasteiger partial charge >= 0.3 is 0 Å². The summed E-state index contributed by atoms with van der Waals surface area (Å²) in [6.07, 6.45) is 1.76. The SMILES string of the molecule is CC(O)(CNS(=O)(=O)c1ccc(N2CCCCS2(=O)=O)cc1)Cc1ccsc1. The Kier molecular flexibility index (Phi) is 6.16. The molecule has 28 heavy (non-hydrogen) atoms. The number of thiophene rings is 1. The summed E-state index contributed by atoms with van der Waals surface area (Å²) in [5.41, 5.74) is 0.181. The summed E-state index contributed by atoms with van der Waals surface area (Å²) in [5, 5.41) is 14.3. The van der Waals surface area contributed by atoms with Crippen LogP contribution >= 0.6 is 11.3 Å². The van der Waals surface area contributed by atoms with Crippen molar-refractivity contribution < 1.29 is 21.9 Å². The molecule has 2 N–H and O–H groups in total. The standard InChI is InChI=1S/C18H24N2O5S3/c1-18(21,12-15-8-10-26-13-15)14-19-28(24,25)17-6-4-16(5-7-17)20-9-2-3-11-27(20,22)23/h4-8,10,13,19,21H,2-3,9,11-12,14H2,1H3. The van der Waals surface area contributed by atoms with E-state index < -0.39 is 25.6 Å². The maximum absolute atomic E-state index is 12.5. The van der Waals surface area contributed by atoms with Crippen molar-refractivity contribution in [1.29, 1.82) is 0 Å². The molecule has 1 aliphatic rings. The Bertz CT molecular complexity index is 998. The van der Waals surface area contributed by atoms with Crippen molar-refractivity contribution >= 4 is 37.1 Å². The van der Waals surface area contributed by atoms with E-state index in [4.69, 9.17) is 0 Å². The highest BCUT2D eigenvalue weighted by molar-refractivity contribution is 7.92. The largest absolute Gasteiger partial charge is 0.388 e. The van der Waals surface area contributed by atoms with Gasteiger partial charge in [-0.3, -0.25) is 4.31 Å². The lowest BCUT2D eigenvalue weighted by atomic mass is 9.99. The molecule has 1 aliphatic heterocycles. The number of nitrogens with one attached hydrogen (secondary N) is 1. The van der Waals surface area contributed by atoms with Crippen molar-refractivity contribution in [2.24, 2.45) is 0 Å². The second kappa shape index (κ2) is 8.11. The molecule has 154 valence electrons. The Labute approximate surface area is 170 Å². The zero-order valence-electron chi connectivity index (χ0n) is 15.5. The molecule has 0 radical (unpaired) electrons. The number of sulfonamides is 2. The molecule has 1 fully saturated rings. The second-order valence-corrected chi connectivity index (χ2v) is 11.8. The molecule has 1 unspecified atom stereocenters. The van der Waals surface area contributed by atoms with Crippen molar-refractivity contribution in [2.45, 2.75) is 36.7 Å². The van der Waals surface area contributed by atoms with Gasteiger partial charge in [0.1, 0.15) is 0 Å². The summed E-state index contributed by atoms with van der Waals surface area (Å²) < 4.78 is 53.2. The lowest BCUT2D eigenvalue weighted by Gasteiger charge is -2.28. The Hall–Kier alpha value is -1.46. The van der Waals surface area contributed by atoms with Crippen LogP contribution in [0.2, 0.25) is 0 Å². The lowest BCUT2D eigenvalue weighted by Crippen LogP contribution is -2.42. The van der Waals surface area contributed by atoms with Crippen molar-refractivity contribution in [3.8, 4) is 0 Å². The zero-order chi connectivity index (χ0) is 20.4. The first-order valence-corrected chi connectivity index (χ1v) is 13.0. The molecular formula is C18H24N2O5S3. The summed E-state index contributed by atoms with van der Waals surface area (Å²) in [6, 6.07) is 7.66. The molecule has 1 atom stereocenters. The molecule has 0 bridgehead atoms. The van der Waals surface area contributed by atoms with Crippen LogP contribution in [0.25, 0.3) is 0 Å². The van der Waals surface area contributed by atoms with E-state index in [1.807, 2.05) is 16.8 Å². The predicted octanol–water partition coefficient (Wildman–Crippen LogP) is 1.95. The number of rotatable bonds is 7. The topological polar surface area (TPSA) is 104 Å². The number of anilines is 1. The average Bonchev–Trinajstić information content (AvgIpc) is 3.12. The van der Waals surface area contributed by atoms with Crippen LogP contribution in [0.1, 0.15) is 25.3 Å². The van der Waals surface area contributed by atoms with E-state index in [1.165, 1.54) is 39.9 Å². The van der Waals surface area contributed by atoms with E-state index in [0.717, 1.165) is 12.0 Å². The molecule has 2 aromatic rings. The number of hydrogen-bond acceptors (Lipinski definition) is 6. The maximum atomic E-state index is 12.5. The fraction of sp³-hybridized carbons (Fsp3) is 0.444. The van der Waals surface area contributed by atoms with Gasteiger partial charge in [0.25, 0.3) is 0 Å². The van der Waals surface area contributed by atoms with Gasteiger partial charge in [0.05, 0.1) is 21.9 Å². The van der Waals surface area contributed by atoms with Crippen LogP contribution < -0.4 is 9.03 Å². The highest BCUT2D eigenvalue weighted by Gasteiger charge is 2.27. The minimum atomic E-state index is -3.82. The second-order valence-electron chi connectivity index (χ2n) is 7.22. The highest BCUT2D eigenvalue weighted by Crippen LogP contribution is 2.25. The first-order valence-electron chi connectivity index (χ1n) is 8.93. The summed E-state index contributed by atoms with van der Waals surface area (Å²) in [5.74, 6) is 0.105. The summed E-state index contributed by atoms with van der Waals surface area (Å²) >= 11 is 1.52. The Morgan fingerprint density at radius 3 is 2.54 bits per heavy atom. The third-order valence-electron chi connectivity index (χ3n) is 4.59. The third kappa shape index (κ3) is 5.12.